The molecule has 3 fully saturated rings. The minimum atomic E-state index is 0.144. The van der Waals surface area contributed by atoms with Crippen molar-refractivity contribution in [3.63, 3.8) is 0 Å². The Morgan fingerprint density at radius 2 is 2.12 bits per heavy atom. The van der Waals surface area contributed by atoms with Crippen LogP contribution in [0.2, 0.25) is 0 Å². The number of likely N-dealkylation sites (N-methyl/N-ethyl adjacent to an activating group) is 1. The maximum atomic E-state index is 12.4. The highest BCUT2D eigenvalue weighted by molar-refractivity contribution is 5.82. The third-order valence-electron chi connectivity index (χ3n) is 5.19. The van der Waals surface area contributed by atoms with Crippen molar-refractivity contribution >= 4 is 5.91 Å². The maximum Gasteiger partial charge on any atom is 0.237 e. The van der Waals surface area contributed by atoms with Crippen LogP contribution in [-0.4, -0.2) is 36.0 Å². The highest BCUT2D eigenvalue weighted by Crippen LogP contribution is 2.45. The zero-order valence-corrected chi connectivity index (χ0v) is 10.9. The number of nitrogens with zero attached hydrogens (tertiary/aromatic N) is 1. The average molecular weight is 236 g/mol. The minimum Gasteiger partial charge on any atom is -0.349 e. The van der Waals surface area contributed by atoms with Crippen molar-refractivity contribution in [2.24, 2.45) is 5.92 Å². The van der Waals surface area contributed by atoms with E-state index in [1.54, 1.807) is 0 Å². The standard InChI is InChI=1S/C14H24N2O/c1-16-9-3-5-12(16)13(17)15-14-7-2-4-11(10-14)6-8-14/h11-12H,2-10H2,1H3,(H,15,17)/t11?,12-,14?/m0/s1. The molecule has 2 saturated carbocycles. The Labute approximate surface area is 104 Å². The molecule has 1 heterocycles. The molecule has 3 heteroatoms. The topological polar surface area (TPSA) is 32.3 Å². The van der Waals surface area contributed by atoms with Gasteiger partial charge in [0.1, 0.15) is 0 Å². The number of carbonyl (C=O) groups excluding carboxylic acids is 1. The first-order valence-corrected chi connectivity index (χ1v) is 7.21. The van der Waals surface area contributed by atoms with E-state index < -0.39 is 0 Å². The van der Waals surface area contributed by atoms with E-state index in [9.17, 15) is 4.79 Å². The lowest BCUT2D eigenvalue weighted by Crippen LogP contribution is -2.53. The molecule has 0 radical (unpaired) electrons. The summed E-state index contributed by atoms with van der Waals surface area (Å²) < 4.78 is 0. The molecular weight excluding hydrogens is 212 g/mol. The van der Waals surface area contributed by atoms with Gasteiger partial charge in [-0.15, -0.1) is 0 Å². The zero-order valence-electron chi connectivity index (χ0n) is 10.9. The number of hydrogen-bond donors (Lipinski definition) is 1. The van der Waals surface area contributed by atoms with E-state index in [-0.39, 0.29) is 11.6 Å². The van der Waals surface area contributed by atoms with Gasteiger partial charge in [-0.3, -0.25) is 9.69 Å². The number of nitrogens with one attached hydrogen (secondary N) is 1. The molecule has 1 amide bonds. The number of rotatable bonds is 2. The Kier molecular flexibility index (Phi) is 2.89. The fourth-order valence-corrected chi connectivity index (χ4v) is 4.20. The van der Waals surface area contributed by atoms with E-state index in [1.807, 2.05) is 0 Å². The molecule has 17 heavy (non-hydrogen) atoms. The van der Waals surface area contributed by atoms with Gasteiger partial charge in [0.15, 0.2) is 0 Å². The van der Waals surface area contributed by atoms with E-state index >= 15 is 0 Å². The van der Waals surface area contributed by atoms with Crippen LogP contribution in [0.15, 0.2) is 0 Å². The van der Waals surface area contributed by atoms with E-state index in [2.05, 4.69) is 17.3 Å². The second kappa shape index (κ2) is 4.27. The predicted octanol–water partition coefficient (Wildman–Crippen LogP) is 1.92. The van der Waals surface area contributed by atoms with Crippen LogP contribution >= 0.6 is 0 Å². The van der Waals surface area contributed by atoms with Gasteiger partial charge >= 0.3 is 0 Å². The summed E-state index contributed by atoms with van der Waals surface area (Å²) in [5.41, 5.74) is 0.184. The Hall–Kier alpha value is -0.570. The largest absolute Gasteiger partial charge is 0.349 e. The third-order valence-corrected chi connectivity index (χ3v) is 5.19. The van der Waals surface area contributed by atoms with Gasteiger partial charge in [-0.2, -0.15) is 0 Å². The Morgan fingerprint density at radius 1 is 1.24 bits per heavy atom. The van der Waals surface area contributed by atoms with Crippen molar-refractivity contribution in [3.05, 3.63) is 0 Å². The number of fused-ring (bicyclic) bond motifs is 2. The fraction of sp³-hybridized carbons (Fsp3) is 0.929. The van der Waals surface area contributed by atoms with Crippen LogP contribution in [0.5, 0.6) is 0 Å². The van der Waals surface area contributed by atoms with Crippen molar-refractivity contribution in [2.45, 2.75) is 62.9 Å². The summed E-state index contributed by atoms with van der Waals surface area (Å²) in [5, 5.41) is 3.42. The summed E-state index contributed by atoms with van der Waals surface area (Å²) in [6.07, 6.45) is 9.93. The molecule has 1 saturated heterocycles. The Bertz CT molecular complexity index is 313. The van der Waals surface area contributed by atoms with E-state index in [1.165, 1.54) is 44.9 Å². The highest BCUT2D eigenvalue weighted by atomic mass is 16.2. The molecule has 3 aliphatic rings. The van der Waals surface area contributed by atoms with Gasteiger partial charge in [-0.1, -0.05) is 12.8 Å². The van der Waals surface area contributed by atoms with Crippen molar-refractivity contribution in [1.82, 2.24) is 10.2 Å². The summed E-state index contributed by atoms with van der Waals surface area (Å²) in [6.45, 7) is 1.08. The molecule has 2 unspecified atom stereocenters. The summed E-state index contributed by atoms with van der Waals surface area (Å²) >= 11 is 0. The molecule has 0 aromatic rings. The number of likely N-dealkylation sites (tertiary alicyclic amines) is 1. The Morgan fingerprint density at radius 3 is 2.88 bits per heavy atom. The smallest absolute Gasteiger partial charge is 0.237 e. The van der Waals surface area contributed by atoms with Crippen LogP contribution < -0.4 is 5.32 Å². The molecule has 0 aromatic heterocycles. The molecule has 1 N–H and O–H groups in total. The first-order chi connectivity index (χ1) is 8.19. The van der Waals surface area contributed by atoms with Gasteiger partial charge in [-0.25, -0.2) is 0 Å². The van der Waals surface area contributed by atoms with E-state index in [4.69, 9.17) is 0 Å². The normalized spacial score (nSPS) is 41.7. The molecule has 1 aliphatic heterocycles. The third kappa shape index (κ3) is 2.10. The van der Waals surface area contributed by atoms with Crippen molar-refractivity contribution in [3.8, 4) is 0 Å². The van der Waals surface area contributed by atoms with Gasteiger partial charge in [0.25, 0.3) is 0 Å². The van der Waals surface area contributed by atoms with Crippen molar-refractivity contribution in [2.75, 3.05) is 13.6 Å². The first-order valence-electron chi connectivity index (χ1n) is 7.21. The van der Waals surface area contributed by atoms with Gasteiger partial charge in [0.2, 0.25) is 5.91 Å². The molecule has 2 aliphatic carbocycles. The van der Waals surface area contributed by atoms with E-state index in [0.29, 0.717) is 5.91 Å². The summed E-state index contributed by atoms with van der Waals surface area (Å²) in [5.74, 6) is 1.19. The predicted molar refractivity (Wildman–Crippen MR) is 67.7 cm³/mol. The Balaban J connectivity index is 1.64. The number of hydrogen-bond acceptors (Lipinski definition) is 2. The van der Waals surface area contributed by atoms with E-state index in [0.717, 1.165) is 18.9 Å². The maximum absolute atomic E-state index is 12.4. The molecule has 0 aromatic carbocycles. The van der Waals surface area contributed by atoms with Crippen LogP contribution in [0.1, 0.15) is 51.4 Å². The molecule has 3 atom stereocenters. The first kappa shape index (κ1) is 11.5. The van der Waals surface area contributed by atoms with Crippen LogP contribution in [-0.2, 0) is 4.79 Å². The second-order valence-electron chi connectivity index (χ2n) is 6.41. The number of carbonyl (C=O) groups is 1. The van der Waals surface area contributed by atoms with Gasteiger partial charge in [0.05, 0.1) is 6.04 Å². The zero-order chi connectivity index (χ0) is 11.9. The van der Waals surface area contributed by atoms with Gasteiger partial charge in [0, 0.05) is 5.54 Å². The SMILES string of the molecule is CN1CCC[C@H]1C(=O)NC12CCCC(CC1)C2. The lowest BCUT2D eigenvalue weighted by Gasteiger charge is -2.35. The lowest BCUT2D eigenvalue weighted by atomic mass is 9.83. The number of amides is 1. The molecule has 0 spiro atoms. The minimum absolute atomic E-state index is 0.144. The van der Waals surface area contributed by atoms with Crippen molar-refractivity contribution in [1.29, 1.82) is 0 Å². The second-order valence-corrected chi connectivity index (χ2v) is 6.41. The van der Waals surface area contributed by atoms with Crippen LogP contribution in [0, 0.1) is 5.92 Å². The monoisotopic (exact) mass is 236 g/mol. The average Bonchev–Trinajstić information content (AvgIpc) is 2.84. The quantitative estimate of drug-likeness (QED) is 0.794. The van der Waals surface area contributed by atoms with Crippen LogP contribution in [0.3, 0.4) is 0 Å². The summed E-state index contributed by atoms with van der Waals surface area (Å²) in [6, 6.07) is 0.144. The molecule has 3 rings (SSSR count). The van der Waals surface area contributed by atoms with Crippen LogP contribution in [0.25, 0.3) is 0 Å². The lowest BCUT2D eigenvalue weighted by molar-refractivity contribution is -0.127. The highest BCUT2D eigenvalue weighted by Gasteiger charge is 2.44. The molecule has 3 nitrogen and oxygen atoms in total. The molecule has 2 bridgehead atoms. The summed E-state index contributed by atoms with van der Waals surface area (Å²) in [7, 11) is 2.08. The van der Waals surface area contributed by atoms with Gasteiger partial charge < -0.3 is 5.32 Å². The molecule has 96 valence electrons. The van der Waals surface area contributed by atoms with Crippen molar-refractivity contribution < 1.29 is 4.79 Å². The van der Waals surface area contributed by atoms with Gasteiger partial charge in [-0.05, 0) is 58.0 Å². The fourth-order valence-electron chi connectivity index (χ4n) is 4.20. The molecular formula is C14H24N2O. The summed E-state index contributed by atoms with van der Waals surface area (Å²) in [4.78, 5) is 14.6. The van der Waals surface area contributed by atoms with Crippen LogP contribution in [0.4, 0.5) is 0 Å².